The first-order valence-corrected chi connectivity index (χ1v) is 9.76. The van der Waals surface area contributed by atoms with Crippen LogP contribution in [0.2, 0.25) is 0 Å². The van der Waals surface area contributed by atoms with Gasteiger partial charge in [-0.25, -0.2) is 4.39 Å². The molecule has 154 valence electrons. The van der Waals surface area contributed by atoms with E-state index in [1.807, 2.05) is 31.2 Å². The number of tetrazole rings is 1. The summed E-state index contributed by atoms with van der Waals surface area (Å²) in [5.41, 5.74) is 3.76. The van der Waals surface area contributed by atoms with Crippen LogP contribution >= 0.6 is 0 Å². The number of halogens is 1. The number of rotatable bonds is 5. The minimum Gasteiger partial charge on any atom is -0.467 e. The van der Waals surface area contributed by atoms with Crippen LogP contribution in [0.3, 0.4) is 0 Å². The van der Waals surface area contributed by atoms with E-state index in [-0.39, 0.29) is 19.0 Å². The number of hydrogen-bond donors (Lipinski definition) is 0. The Morgan fingerprint density at radius 2 is 1.94 bits per heavy atom. The summed E-state index contributed by atoms with van der Waals surface area (Å²) in [4.78, 5) is 14.9. The maximum Gasteiger partial charge on any atom is 0.254 e. The Morgan fingerprint density at radius 3 is 2.71 bits per heavy atom. The van der Waals surface area contributed by atoms with Gasteiger partial charge in [0.15, 0.2) is 5.65 Å². The molecule has 2 aromatic carbocycles. The Hall–Kier alpha value is -4.07. The summed E-state index contributed by atoms with van der Waals surface area (Å²) < 4.78 is 20.5. The predicted octanol–water partition coefficient (Wildman–Crippen LogP) is 4.16. The molecule has 3 aromatic heterocycles. The first-order valence-electron chi connectivity index (χ1n) is 9.76. The van der Waals surface area contributed by atoms with Crippen molar-refractivity contribution < 1.29 is 13.6 Å². The van der Waals surface area contributed by atoms with E-state index in [4.69, 9.17) is 4.42 Å². The molecule has 3 heterocycles. The van der Waals surface area contributed by atoms with E-state index in [2.05, 4.69) is 21.6 Å². The Bertz CT molecular complexity index is 1380. The molecule has 31 heavy (non-hydrogen) atoms. The van der Waals surface area contributed by atoms with Crippen LogP contribution in [0.15, 0.2) is 71.3 Å². The molecule has 0 N–H and O–H groups in total. The van der Waals surface area contributed by atoms with E-state index < -0.39 is 5.82 Å². The fourth-order valence-corrected chi connectivity index (χ4v) is 3.67. The minimum absolute atomic E-state index is 0.244. The number of benzene rings is 2. The highest BCUT2D eigenvalue weighted by atomic mass is 19.1. The van der Waals surface area contributed by atoms with E-state index in [1.165, 1.54) is 24.3 Å². The fourth-order valence-electron chi connectivity index (χ4n) is 3.67. The SMILES string of the molecule is Cc1ccc2c(c1)cc(CN(Cc1ccco1)C(=O)c1ccc(F)cc1)c1nnnn12. The molecule has 5 rings (SSSR count). The van der Waals surface area contributed by atoms with Crippen molar-refractivity contribution in [3.05, 3.63) is 95.2 Å². The van der Waals surface area contributed by atoms with Gasteiger partial charge >= 0.3 is 0 Å². The van der Waals surface area contributed by atoms with Crippen molar-refractivity contribution in [1.29, 1.82) is 0 Å². The number of amides is 1. The lowest BCUT2D eigenvalue weighted by Crippen LogP contribution is -2.30. The average molecular weight is 415 g/mol. The molecular formula is C23H18FN5O2. The second-order valence-electron chi connectivity index (χ2n) is 7.39. The molecule has 0 fully saturated rings. The molecule has 0 aliphatic carbocycles. The zero-order chi connectivity index (χ0) is 21.4. The minimum atomic E-state index is -0.393. The van der Waals surface area contributed by atoms with E-state index in [0.717, 1.165) is 22.0 Å². The van der Waals surface area contributed by atoms with Crippen LogP contribution in [0.25, 0.3) is 16.6 Å². The van der Waals surface area contributed by atoms with Crippen molar-refractivity contribution in [2.24, 2.45) is 0 Å². The van der Waals surface area contributed by atoms with Crippen molar-refractivity contribution >= 4 is 22.5 Å². The van der Waals surface area contributed by atoms with Crippen molar-refractivity contribution in [2.45, 2.75) is 20.0 Å². The van der Waals surface area contributed by atoms with Gasteiger partial charge < -0.3 is 9.32 Å². The molecule has 0 saturated heterocycles. The van der Waals surface area contributed by atoms with Gasteiger partial charge in [0.1, 0.15) is 11.6 Å². The van der Waals surface area contributed by atoms with Crippen LogP contribution < -0.4 is 0 Å². The third-order valence-electron chi connectivity index (χ3n) is 5.16. The number of hydrogen-bond acceptors (Lipinski definition) is 5. The standard InChI is InChI=1S/C23H18FN5O2/c1-15-4-9-21-17(11-15)12-18(22-25-26-27-29(21)22)13-28(14-20-3-2-10-31-20)23(30)16-5-7-19(24)8-6-16/h2-12H,13-14H2,1H3. The summed E-state index contributed by atoms with van der Waals surface area (Å²) in [6.45, 7) is 2.53. The largest absolute Gasteiger partial charge is 0.467 e. The summed E-state index contributed by atoms with van der Waals surface area (Å²) in [7, 11) is 0. The summed E-state index contributed by atoms with van der Waals surface area (Å²) in [5.74, 6) is 0.00403. The average Bonchev–Trinajstić information content (AvgIpc) is 3.45. The van der Waals surface area contributed by atoms with Gasteiger partial charge in [0, 0.05) is 16.5 Å². The molecule has 5 aromatic rings. The maximum atomic E-state index is 13.4. The Labute approximate surface area is 176 Å². The highest BCUT2D eigenvalue weighted by molar-refractivity contribution is 5.94. The first-order chi connectivity index (χ1) is 15.1. The summed E-state index contributed by atoms with van der Waals surface area (Å²) in [6.07, 6.45) is 1.56. The lowest BCUT2D eigenvalue weighted by Gasteiger charge is -2.22. The molecule has 0 atom stereocenters. The predicted molar refractivity (Wildman–Crippen MR) is 112 cm³/mol. The van der Waals surface area contributed by atoms with Crippen LogP contribution in [0, 0.1) is 12.7 Å². The third kappa shape index (κ3) is 3.63. The van der Waals surface area contributed by atoms with Crippen molar-refractivity contribution in [1.82, 2.24) is 24.9 Å². The Balaban J connectivity index is 1.58. The van der Waals surface area contributed by atoms with Gasteiger partial charge in [0.05, 0.1) is 24.9 Å². The van der Waals surface area contributed by atoms with Gasteiger partial charge in [-0.05, 0) is 71.9 Å². The number of carbonyl (C=O) groups excluding carboxylic acids is 1. The lowest BCUT2D eigenvalue weighted by molar-refractivity contribution is 0.0718. The highest BCUT2D eigenvalue weighted by Crippen LogP contribution is 2.23. The topological polar surface area (TPSA) is 76.5 Å². The molecule has 0 spiro atoms. The molecule has 1 amide bonds. The summed E-state index contributed by atoms with van der Waals surface area (Å²) in [5, 5.41) is 13.1. The van der Waals surface area contributed by atoms with Crippen molar-refractivity contribution in [2.75, 3.05) is 0 Å². The van der Waals surface area contributed by atoms with Crippen LogP contribution in [0.1, 0.15) is 27.2 Å². The Morgan fingerprint density at radius 1 is 1.10 bits per heavy atom. The number of pyridine rings is 1. The fraction of sp³-hybridized carbons (Fsp3) is 0.130. The number of aromatic nitrogens is 4. The molecule has 0 saturated carbocycles. The quantitative estimate of drug-likeness (QED) is 0.431. The number of fused-ring (bicyclic) bond motifs is 3. The number of carbonyl (C=O) groups is 1. The van der Waals surface area contributed by atoms with Crippen molar-refractivity contribution in [3.63, 3.8) is 0 Å². The molecular weight excluding hydrogens is 397 g/mol. The molecule has 0 radical (unpaired) electrons. The number of nitrogens with zero attached hydrogens (tertiary/aromatic N) is 5. The molecule has 0 bridgehead atoms. The molecule has 0 aliphatic rings. The maximum absolute atomic E-state index is 13.4. The van der Waals surface area contributed by atoms with Gasteiger partial charge in [0.25, 0.3) is 5.91 Å². The first kappa shape index (κ1) is 18.9. The van der Waals surface area contributed by atoms with Gasteiger partial charge in [-0.1, -0.05) is 11.6 Å². The number of furan rings is 1. The number of aryl methyl sites for hydroxylation is 1. The molecule has 7 nitrogen and oxygen atoms in total. The van der Waals surface area contributed by atoms with Crippen LogP contribution in [-0.4, -0.2) is 30.8 Å². The van der Waals surface area contributed by atoms with Crippen molar-refractivity contribution in [3.8, 4) is 0 Å². The normalized spacial score (nSPS) is 11.3. The zero-order valence-corrected chi connectivity index (χ0v) is 16.7. The van der Waals surface area contributed by atoms with Crippen LogP contribution in [-0.2, 0) is 13.1 Å². The zero-order valence-electron chi connectivity index (χ0n) is 16.7. The van der Waals surface area contributed by atoms with Gasteiger partial charge in [-0.2, -0.15) is 4.52 Å². The smallest absolute Gasteiger partial charge is 0.254 e. The van der Waals surface area contributed by atoms with Crippen LogP contribution in [0.4, 0.5) is 4.39 Å². The van der Waals surface area contributed by atoms with Gasteiger partial charge in [-0.15, -0.1) is 5.10 Å². The third-order valence-corrected chi connectivity index (χ3v) is 5.16. The molecule has 0 unspecified atom stereocenters. The Kier molecular flexibility index (Phi) is 4.66. The van der Waals surface area contributed by atoms with Gasteiger partial charge in [0.2, 0.25) is 0 Å². The summed E-state index contributed by atoms with van der Waals surface area (Å²) in [6, 6.07) is 17.1. The van der Waals surface area contributed by atoms with E-state index in [0.29, 0.717) is 17.0 Å². The highest BCUT2D eigenvalue weighted by Gasteiger charge is 2.21. The summed E-state index contributed by atoms with van der Waals surface area (Å²) >= 11 is 0. The van der Waals surface area contributed by atoms with Crippen LogP contribution in [0.5, 0.6) is 0 Å². The van der Waals surface area contributed by atoms with E-state index >= 15 is 0 Å². The van der Waals surface area contributed by atoms with E-state index in [9.17, 15) is 9.18 Å². The molecule has 8 heteroatoms. The van der Waals surface area contributed by atoms with Gasteiger partial charge in [-0.3, -0.25) is 4.79 Å². The lowest BCUT2D eigenvalue weighted by atomic mass is 10.1. The van der Waals surface area contributed by atoms with E-state index in [1.54, 1.807) is 21.7 Å². The monoisotopic (exact) mass is 415 g/mol. The second-order valence-corrected chi connectivity index (χ2v) is 7.39. The molecule has 0 aliphatic heterocycles. The second kappa shape index (κ2) is 7.64.